The van der Waals surface area contributed by atoms with Crippen LogP contribution in [0.25, 0.3) is 0 Å². The molecule has 20 heavy (non-hydrogen) atoms. The molecular formula is C15H18O5. The van der Waals surface area contributed by atoms with Crippen molar-refractivity contribution in [3.63, 3.8) is 0 Å². The number of carbonyl (C=O) groups is 2. The van der Waals surface area contributed by atoms with Gasteiger partial charge in [-0.1, -0.05) is 30.3 Å². The predicted molar refractivity (Wildman–Crippen MR) is 71.0 cm³/mol. The molecule has 5 nitrogen and oxygen atoms in total. The molecule has 0 radical (unpaired) electrons. The molecule has 0 heterocycles. The molecule has 5 heteroatoms. The fourth-order valence-corrected chi connectivity index (χ4v) is 2.58. The highest BCUT2D eigenvalue weighted by Crippen LogP contribution is 2.32. The van der Waals surface area contributed by atoms with E-state index in [-0.39, 0.29) is 25.2 Å². The van der Waals surface area contributed by atoms with E-state index in [2.05, 4.69) is 0 Å². The van der Waals surface area contributed by atoms with Crippen molar-refractivity contribution in [3.8, 4) is 0 Å². The van der Waals surface area contributed by atoms with Crippen LogP contribution in [0, 0.1) is 11.8 Å². The fraction of sp³-hybridized carbons (Fsp3) is 0.467. The number of Topliss-reactive ketones (excluding diaryl/α,β-unsaturated/α-hetero) is 1. The zero-order valence-electron chi connectivity index (χ0n) is 11.1. The highest BCUT2D eigenvalue weighted by molar-refractivity contribution is 5.87. The zero-order chi connectivity index (χ0) is 14.5. The van der Waals surface area contributed by atoms with Crippen LogP contribution >= 0.6 is 0 Å². The lowest BCUT2D eigenvalue weighted by atomic mass is 9.92. The number of benzene rings is 1. The maximum Gasteiger partial charge on any atom is 0.304 e. The number of aliphatic hydroxyl groups is 1. The smallest absolute Gasteiger partial charge is 0.304 e. The zero-order valence-corrected chi connectivity index (χ0v) is 11.1. The topological polar surface area (TPSA) is 83.8 Å². The SMILES string of the molecule is O=C(O)C[C@@H]1C(=O)C[C@H](O)[C@H]1COCc1ccccc1. The molecule has 0 aliphatic heterocycles. The van der Waals surface area contributed by atoms with Crippen molar-refractivity contribution in [2.24, 2.45) is 11.8 Å². The van der Waals surface area contributed by atoms with Gasteiger partial charge < -0.3 is 14.9 Å². The Balaban J connectivity index is 1.89. The molecule has 0 amide bonds. The van der Waals surface area contributed by atoms with Gasteiger partial charge in [-0.25, -0.2) is 0 Å². The van der Waals surface area contributed by atoms with E-state index < -0.39 is 23.9 Å². The van der Waals surface area contributed by atoms with Crippen molar-refractivity contribution >= 4 is 11.8 Å². The van der Waals surface area contributed by atoms with Crippen LogP contribution < -0.4 is 0 Å². The molecule has 1 aliphatic rings. The molecule has 1 aromatic carbocycles. The lowest BCUT2D eigenvalue weighted by Crippen LogP contribution is -2.27. The third-order valence-electron chi connectivity index (χ3n) is 3.65. The number of hydrogen-bond donors (Lipinski definition) is 2. The van der Waals surface area contributed by atoms with Crippen LogP contribution in [-0.2, 0) is 20.9 Å². The number of ketones is 1. The van der Waals surface area contributed by atoms with Crippen LogP contribution in [0.15, 0.2) is 30.3 Å². The lowest BCUT2D eigenvalue weighted by Gasteiger charge is -2.19. The molecular weight excluding hydrogens is 260 g/mol. The highest BCUT2D eigenvalue weighted by atomic mass is 16.5. The van der Waals surface area contributed by atoms with Gasteiger partial charge in [-0.3, -0.25) is 9.59 Å². The molecule has 3 atom stereocenters. The summed E-state index contributed by atoms with van der Waals surface area (Å²) in [6.45, 7) is 0.581. The maximum absolute atomic E-state index is 11.7. The van der Waals surface area contributed by atoms with Crippen molar-refractivity contribution in [2.75, 3.05) is 6.61 Å². The van der Waals surface area contributed by atoms with E-state index in [4.69, 9.17) is 9.84 Å². The molecule has 1 fully saturated rings. The summed E-state index contributed by atoms with van der Waals surface area (Å²) >= 11 is 0. The molecule has 2 rings (SSSR count). The first-order valence-corrected chi connectivity index (χ1v) is 6.62. The van der Waals surface area contributed by atoms with Crippen LogP contribution in [0.4, 0.5) is 0 Å². The van der Waals surface area contributed by atoms with Gasteiger partial charge in [0.1, 0.15) is 5.78 Å². The molecule has 0 aromatic heterocycles. The first-order valence-electron chi connectivity index (χ1n) is 6.62. The van der Waals surface area contributed by atoms with Gasteiger partial charge in [-0.05, 0) is 5.56 Å². The van der Waals surface area contributed by atoms with E-state index >= 15 is 0 Å². The number of carboxylic acid groups (broad SMARTS) is 1. The minimum absolute atomic E-state index is 0.0251. The molecule has 1 aromatic rings. The van der Waals surface area contributed by atoms with Crippen LogP contribution in [0.5, 0.6) is 0 Å². The average Bonchev–Trinajstić information content (AvgIpc) is 2.66. The summed E-state index contributed by atoms with van der Waals surface area (Å²) in [7, 11) is 0. The van der Waals surface area contributed by atoms with E-state index in [1.165, 1.54) is 0 Å². The van der Waals surface area contributed by atoms with Gasteiger partial charge in [0.15, 0.2) is 0 Å². The molecule has 0 spiro atoms. The van der Waals surface area contributed by atoms with E-state index in [1.54, 1.807) is 0 Å². The summed E-state index contributed by atoms with van der Waals surface area (Å²) in [4.78, 5) is 22.5. The van der Waals surface area contributed by atoms with Crippen LogP contribution in [-0.4, -0.2) is 34.7 Å². The third-order valence-corrected chi connectivity index (χ3v) is 3.65. The maximum atomic E-state index is 11.7. The average molecular weight is 278 g/mol. The van der Waals surface area contributed by atoms with Crippen molar-refractivity contribution in [1.82, 2.24) is 0 Å². The Morgan fingerprint density at radius 3 is 2.65 bits per heavy atom. The van der Waals surface area contributed by atoms with Crippen molar-refractivity contribution in [3.05, 3.63) is 35.9 Å². The third kappa shape index (κ3) is 3.65. The highest BCUT2D eigenvalue weighted by Gasteiger charge is 2.42. The van der Waals surface area contributed by atoms with Crippen LogP contribution in [0.1, 0.15) is 18.4 Å². The van der Waals surface area contributed by atoms with Crippen LogP contribution in [0.2, 0.25) is 0 Å². The largest absolute Gasteiger partial charge is 0.481 e. The minimum Gasteiger partial charge on any atom is -0.481 e. The van der Waals surface area contributed by atoms with E-state index in [0.29, 0.717) is 6.61 Å². The molecule has 1 saturated carbocycles. The van der Waals surface area contributed by atoms with Gasteiger partial charge in [-0.2, -0.15) is 0 Å². The first-order chi connectivity index (χ1) is 9.58. The van der Waals surface area contributed by atoms with Crippen molar-refractivity contribution in [1.29, 1.82) is 0 Å². The summed E-state index contributed by atoms with van der Waals surface area (Å²) in [5, 5.41) is 18.7. The number of aliphatic hydroxyl groups excluding tert-OH is 1. The van der Waals surface area contributed by atoms with Gasteiger partial charge >= 0.3 is 5.97 Å². The number of rotatable bonds is 6. The van der Waals surface area contributed by atoms with Gasteiger partial charge in [0.05, 0.1) is 25.7 Å². The second-order valence-corrected chi connectivity index (χ2v) is 5.11. The number of carboxylic acids is 1. The molecule has 0 saturated heterocycles. The van der Waals surface area contributed by atoms with Gasteiger partial charge in [-0.15, -0.1) is 0 Å². The summed E-state index contributed by atoms with van der Waals surface area (Å²) in [5.74, 6) is -2.28. The number of carbonyl (C=O) groups excluding carboxylic acids is 1. The predicted octanol–water partition coefficient (Wildman–Crippen LogP) is 1.24. The van der Waals surface area contributed by atoms with Gasteiger partial charge in [0.2, 0.25) is 0 Å². The summed E-state index contributed by atoms with van der Waals surface area (Å²) < 4.78 is 5.53. The first kappa shape index (κ1) is 14.7. The fourth-order valence-electron chi connectivity index (χ4n) is 2.58. The van der Waals surface area contributed by atoms with Gasteiger partial charge in [0.25, 0.3) is 0 Å². The molecule has 2 N–H and O–H groups in total. The summed E-state index contributed by atoms with van der Waals surface area (Å²) in [5.41, 5.74) is 1.00. The van der Waals surface area contributed by atoms with E-state index in [1.807, 2.05) is 30.3 Å². The Morgan fingerprint density at radius 2 is 2.00 bits per heavy atom. The van der Waals surface area contributed by atoms with Gasteiger partial charge in [0, 0.05) is 18.3 Å². The minimum atomic E-state index is -1.02. The molecule has 0 bridgehead atoms. The normalized spacial score (nSPS) is 25.9. The number of ether oxygens (including phenoxy) is 1. The van der Waals surface area contributed by atoms with Crippen molar-refractivity contribution < 1.29 is 24.5 Å². The molecule has 1 aliphatic carbocycles. The Hall–Kier alpha value is -1.72. The Kier molecular flexibility index (Phi) is 4.87. The monoisotopic (exact) mass is 278 g/mol. The summed E-state index contributed by atoms with van der Waals surface area (Å²) in [6, 6.07) is 9.56. The quantitative estimate of drug-likeness (QED) is 0.818. The Morgan fingerprint density at radius 1 is 1.30 bits per heavy atom. The Labute approximate surface area is 117 Å². The van der Waals surface area contributed by atoms with Crippen LogP contribution in [0.3, 0.4) is 0 Å². The summed E-state index contributed by atoms with van der Waals surface area (Å²) in [6.07, 6.45) is -1.02. The standard InChI is InChI=1S/C15H18O5/c16-13-7-14(17)12(11(13)6-15(18)19)9-20-8-10-4-2-1-3-5-10/h1-5,11-12,14,17H,6-9H2,(H,18,19)/t11-,12-,14-/m0/s1. The van der Waals surface area contributed by atoms with E-state index in [9.17, 15) is 14.7 Å². The number of hydrogen-bond acceptors (Lipinski definition) is 4. The Bertz CT molecular complexity index is 470. The number of aliphatic carboxylic acids is 1. The molecule has 108 valence electrons. The molecule has 0 unspecified atom stereocenters. The second kappa shape index (κ2) is 6.63. The lowest BCUT2D eigenvalue weighted by molar-refractivity contribution is -0.141. The van der Waals surface area contributed by atoms with Crippen molar-refractivity contribution in [2.45, 2.75) is 25.6 Å². The van der Waals surface area contributed by atoms with E-state index in [0.717, 1.165) is 5.56 Å². The second-order valence-electron chi connectivity index (χ2n) is 5.11.